The molecule has 0 saturated carbocycles. The van der Waals surface area contributed by atoms with E-state index in [1.807, 2.05) is 0 Å². The van der Waals surface area contributed by atoms with Crippen LogP contribution in [0.4, 0.5) is 4.79 Å². The van der Waals surface area contributed by atoms with E-state index in [4.69, 9.17) is 5.11 Å². The van der Waals surface area contributed by atoms with Crippen molar-refractivity contribution >= 4 is 17.9 Å². The monoisotopic (exact) mass is 255 g/mol. The van der Waals surface area contributed by atoms with Crippen LogP contribution in [0.15, 0.2) is 0 Å². The second kappa shape index (κ2) is 4.15. The molecule has 0 aromatic carbocycles. The molecule has 2 heterocycles. The van der Waals surface area contributed by atoms with Crippen molar-refractivity contribution in [3.05, 3.63) is 0 Å². The summed E-state index contributed by atoms with van der Waals surface area (Å²) in [5, 5.41) is 11.8. The van der Waals surface area contributed by atoms with Crippen molar-refractivity contribution < 1.29 is 19.5 Å². The van der Waals surface area contributed by atoms with E-state index in [0.717, 1.165) is 0 Å². The number of hydrogen-bond acceptors (Lipinski definition) is 3. The first-order valence-electron chi connectivity index (χ1n) is 5.91. The summed E-state index contributed by atoms with van der Waals surface area (Å²) in [4.78, 5) is 37.8. The molecule has 7 heteroatoms. The summed E-state index contributed by atoms with van der Waals surface area (Å²) in [6, 6.07) is -0.149. The van der Waals surface area contributed by atoms with Crippen molar-refractivity contribution in [2.75, 3.05) is 26.2 Å². The van der Waals surface area contributed by atoms with Crippen LogP contribution in [0.3, 0.4) is 0 Å². The van der Waals surface area contributed by atoms with Gasteiger partial charge in [0, 0.05) is 26.2 Å². The quantitative estimate of drug-likeness (QED) is 0.640. The lowest BCUT2D eigenvalue weighted by molar-refractivity contribution is -0.159. The van der Waals surface area contributed by atoms with Gasteiger partial charge in [0.2, 0.25) is 5.91 Å². The Kier molecular flexibility index (Phi) is 2.92. The number of hydrogen-bond donors (Lipinski definition) is 2. The van der Waals surface area contributed by atoms with Gasteiger partial charge in [0.1, 0.15) is 5.41 Å². The van der Waals surface area contributed by atoms with E-state index < -0.39 is 17.3 Å². The molecule has 2 rings (SSSR count). The minimum Gasteiger partial charge on any atom is -0.480 e. The SMILES string of the molecule is CC(C)(C(=O)O)C(=O)N1CCN2C(=O)NCC2C1. The molecule has 0 aromatic rings. The maximum Gasteiger partial charge on any atom is 0.318 e. The van der Waals surface area contributed by atoms with E-state index in [0.29, 0.717) is 26.2 Å². The molecule has 1 atom stereocenters. The number of carboxylic acid groups (broad SMARTS) is 1. The summed E-state index contributed by atoms with van der Waals surface area (Å²) in [6.45, 7) is 4.56. The highest BCUT2D eigenvalue weighted by Crippen LogP contribution is 2.22. The van der Waals surface area contributed by atoms with Crippen LogP contribution in [0.1, 0.15) is 13.8 Å². The molecule has 2 N–H and O–H groups in total. The fourth-order valence-corrected chi connectivity index (χ4v) is 2.28. The molecule has 0 radical (unpaired) electrons. The van der Waals surface area contributed by atoms with Crippen molar-refractivity contribution in [3.8, 4) is 0 Å². The standard InChI is InChI=1S/C11H17N3O4/c1-11(2,9(16)17)8(15)13-3-4-14-7(6-13)5-12-10(14)18/h7H,3-6H2,1-2H3,(H,12,18)(H,16,17). The number of nitrogens with zero attached hydrogens (tertiary/aromatic N) is 2. The normalized spacial score (nSPS) is 23.7. The Morgan fingerprint density at radius 2 is 2.06 bits per heavy atom. The van der Waals surface area contributed by atoms with E-state index in [1.54, 1.807) is 4.90 Å². The lowest BCUT2D eigenvalue weighted by atomic mass is 9.91. The summed E-state index contributed by atoms with van der Waals surface area (Å²) in [7, 11) is 0. The third kappa shape index (κ3) is 1.89. The highest BCUT2D eigenvalue weighted by Gasteiger charge is 2.43. The van der Waals surface area contributed by atoms with Gasteiger partial charge in [0.15, 0.2) is 0 Å². The van der Waals surface area contributed by atoms with Crippen molar-refractivity contribution in [3.63, 3.8) is 0 Å². The van der Waals surface area contributed by atoms with E-state index in [2.05, 4.69) is 5.32 Å². The largest absolute Gasteiger partial charge is 0.480 e. The van der Waals surface area contributed by atoms with Gasteiger partial charge in [-0.25, -0.2) is 4.79 Å². The molecular weight excluding hydrogens is 238 g/mol. The third-order valence-electron chi connectivity index (χ3n) is 3.59. The molecule has 2 aliphatic rings. The van der Waals surface area contributed by atoms with E-state index in [-0.39, 0.29) is 12.1 Å². The first kappa shape index (κ1) is 12.7. The first-order valence-corrected chi connectivity index (χ1v) is 5.91. The molecule has 2 aliphatic heterocycles. The van der Waals surface area contributed by atoms with E-state index >= 15 is 0 Å². The molecule has 1 unspecified atom stereocenters. The number of piperazine rings is 1. The van der Waals surface area contributed by atoms with Crippen molar-refractivity contribution in [1.29, 1.82) is 0 Å². The number of carbonyl (C=O) groups excluding carboxylic acids is 2. The Morgan fingerprint density at radius 1 is 1.39 bits per heavy atom. The summed E-state index contributed by atoms with van der Waals surface area (Å²) in [5.41, 5.74) is -1.42. The number of amides is 3. The molecule has 3 amide bonds. The molecule has 100 valence electrons. The van der Waals surface area contributed by atoms with Crippen LogP contribution in [0.5, 0.6) is 0 Å². The topological polar surface area (TPSA) is 90.0 Å². The fourth-order valence-electron chi connectivity index (χ4n) is 2.28. The van der Waals surface area contributed by atoms with Gasteiger partial charge >= 0.3 is 12.0 Å². The summed E-state index contributed by atoms with van der Waals surface area (Å²) < 4.78 is 0. The van der Waals surface area contributed by atoms with Gasteiger partial charge in [-0.2, -0.15) is 0 Å². The molecule has 2 saturated heterocycles. The molecule has 0 spiro atoms. The van der Waals surface area contributed by atoms with Crippen molar-refractivity contribution in [2.24, 2.45) is 5.41 Å². The zero-order chi connectivity index (χ0) is 13.5. The zero-order valence-corrected chi connectivity index (χ0v) is 10.5. The van der Waals surface area contributed by atoms with Crippen LogP contribution < -0.4 is 5.32 Å². The number of carbonyl (C=O) groups is 3. The van der Waals surface area contributed by atoms with Crippen molar-refractivity contribution in [2.45, 2.75) is 19.9 Å². The number of urea groups is 1. The second-order valence-corrected chi connectivity index (χ2v) is 5.21. The summed E-state index contributed by atoms with van der Waals surface area (Å²) in [6.07, 6.45) is 0. The van der Waals surface area contributed by atoms with Crippen molar-refractivity contribution in [1.82, 2.24) is 15.1 Å². The second-order valence-electron chi connectivity index (χ2n) is 5.21. The minimum atomic E-state index is -1.42. The summed E-state index contributed by atoms with van der Waals surface area (Å²) in [5.74, 6) is -1.52. The zero-order valence-electron chi connectivity index (χ0n) is 10.5. The van der Waals surface area contributed by atoms with Crippen LogP contribution >= 0.6 is 0 Å². The van der Waals surface area contributed by atoms with Crippen LogP contribution in [0, 0.1) is 5.41 Å². The van der Waals surface area contributed by atoms with Gasteiger partial charge in [-0.15, -0.1) is 0 Å². The molecule has 0 aliphatic carbocycles. The highest BCUT2D eigenvalue weighted by atomic mass is 16.4. The predicted molar refractivity (Wildman–Crippen MR) is 61.9 cm³/mol. The smallest absolute Gasteiger partial charge is 0.318 e. The number of nitrogens with one attached hydrogen (secondary N) is 1. The lowest BCUT2D eigenvalue weighted by Crippen LogP contribution is -2.57. The van der Waals surface area contributed by atoms with Gasteiger partial charge in [-0.3, -0.25) is 9.59 Å². The third-order valence-corrected chi connectivity index (χ3v) is 3.59. The van der Waals surface area contributed by atoms with E-state index in [1.165, 1.54) is 18.7 Å². The minimum absolute atomic E-state index is 0.0419. The average Bonchev–Trinajstić information content (AvgIpc) is 2.69. The van der Waals surface area contributed by atoms with Crippen LogP contribution in [0.25, 0.3) is 0 Å². The van der Waals surface area contributed by atoms with E-state index in [9.17, 15) is 14.4 Å². The number of fused-ring (bicyclic) bond motifs is 1. The van der Waals surface area contributed by atoms with Gasteiger partial charge in [0.25, 0.3) is 0 Å². The highest BCUT2D eigenvalue weighted by molar-refractivity contribution is 6.01. The number of aliphatic carboxylic acids is 1. The van der Waals surface area contributed by atoms with Gasteiger partial charge in [0.05, 0.1) is 6.04 Å². The molecule has 7 nitrogen and oxygen atoms in total. The summed E-state index contributed by atoms with van der Waals surface area (Å²) >= 11 is 0. The molecular formula is C11H17N3O4. The van der Waals surface area contributed by atoms with Crippen LogP contribution in [-0.4, -0.2) is 65.0 Å². The first-order chi connectivity index (χ1) is 8.34. The number of rotatable bonds is 2. The Hall–Kier alpha value is -1.79. The molecule has 2 fully saturated rings. The predicted octanol–water partition coefficient (Wildman–Crippen LogP) is -0.667. The lowest BCUT2D eigenvalue weighted by Gasteiger charge is -2.38. The molecule has 0 aromatic heterocycles. The average molecular weight is 255 g/mol. The Bertz CT molecular complexity index is 407. The maximum atomic E-state index is 12.2. The van der Waals surface area contributed by atoms with Crippen LogP contribution in [-0.2, 0) is 9.59 Å². The Balaban J connectivity index is 2.06. The van der Waals surface area contributed by atoms with Gasteiger partial charge in [-0.1, -0.05) is 0 Å². The Labute approximate surface area is 105 Å². The molecule has 0 bridgehead atoms. The fraction of sp³-hybridized carbons (Fsp3) is 0.727. The Morgan fingerprint density at radius 3 is 2.67 bits per heavy atom. The number of carboxylic acids is 1. The van der Waals surface area contributed by atoms with Gasteiger partial charge < -0.3 is 20.2 Å². The molecule has 18 heavy (non-hydrogen) atoms. The van der Waals surface area contributed by atoms with Crippen LogP contribution in [0.2, 0.25) is 0 Å². The maximum absolute atomic E-state index is 12.2. The van der Waals surface area contributed by atoms with Gasteiger partial charge in [-0.05, 0) is 13.8 Å².